The number of hydrogen-bond acceptors (Lipinski definition) is 5. The summed E-state index contributed by atoms with van der Waals surface area (Å²) in [5.74, 6) is -0.645. The molecule has 2 rings (SSSR count). The van der Waals surface area contributed by atoms with E-state index in [4.69, 9.17) is 0 Å². The number of nitrogens with zero attached hydrogens (tertiary/aromatic N) is 2. The summed E-state index contributed by atoms with van der Waals surface area (Å²) in [5.41, 5.74) is -1.33. The smallest absolute Gasteiger partial charge is 0.340 e. The number of alkyl halides is 3. The molecular weight excluding hydrogens is 435 g/mol. The van der Waals surface area contributed by atoms with Crippen LogP contribution in [0.2, 0.25) is 0 Å². The Morgan fingerprint density at radius 2 is 1.69 bits per heavy atom. The molecule has 1 amide bonds. The van der Waals surface area contributed by atoms with Gasteiger partial charge in [0.15, 0.2) is 0 Å². The Kier molecular flexibility index (Phi) is 6.97. The molecule has 0 aromatic heterocycles. The molecule has 0 unspecified atom stereocenters. The third-order valence-electron chi connectivity index (χ3n) is 4.42. The van der Waals surface area contributed by atoms with E-state index in [2.05, 4.69) is 0 Å². The lowest BCUT2D eigenvalue weighted by Gasteiger charge is -2.25. The van der Waals surface area contributed by atoms with E-state index < -0.39 is 48.6 Å². The lowest BCUT2D eigenvalue weighted by atomic mass is 10.2. The quantitative estimate of drug-likeness (QED) is 0.707. The highest BCUT2D eigenvalue weighted by molar-refractivity contribution is 7.89. The number of hydrogen-bond donors (Lipinski definition) is 1. The average Bonchev–Trinajstić information content (AvgIpc) is 2.86. The summed E-state index contributed by atoms with van der Waals surface area (Å²) in [7, 11) is -8.05. The molecule has 1 aromatic carbocycles. The highest BCUT2D eigenvalue weighted by Crippen LogP contribution is 2.33. The Morgan fingerprint density at radius 1 is 1.07 bits per heavy atom. The van der Waals surface area contributed by atoms with Gasteiger partial charge < -0.3 is 4.90 Å². The molecule has 1 aliphatic heterocycles. The standard InChI is InChI=1S/C16H22F3N3O5S2/c1-12(15(23)21-8-5-9-22(11-10-21)28(2,24)25)20-29(26,27)14-7-4-3-6-13(14)16(17,18)19/h3-4,6-7,12,20H,5,8-11H2,1-2H3/t12-/m0/s1. The summed E-state index contributed by atoms with van der Waals surface area (Å²) in [6.45, 7) is 1.77. The molecule has 0 radical (unpaired) electrons. The number of benzene rings is 1. The van der Waals surface area contributed by atoms with Gasteiger partial charge in [0.05, 0.1) is 22.8 Å². The zero-order valence-electron chi connectivity index (χ0n) is 15.8. The maximum Gasteiger partial charge on any atom is 0.417 e. The number of amides is 1. The van der Waals surface area contributed by atoms with Gasteiger partial charge in [0.1, 0.15) is 0 Å². The van der Waals surface area contributed by atoms with Gasteiger partial charge in [-0.15, -0.1) is 0 Å². The number of nitrogens with one attached hydrogen (secondary N) is 1. The minimum atomic E-state index is -4.88. The Labute approximate surface area is 167 Å². The summed E-state index contributed by atoms with van der Waals surface area (Å²) in [6.07, 6.45) is -3.47. The zero-order chi connectivity index (χ0) is 22.0. The van der Waals surface area contributed by atoms with Crippen LogP contribution < -0.4 is 4.72 Å². The Balaban J connectivity index is 2.15. The molecule has 0 spiro atoms. The second-order valence-electron chi connectivity index (χ2n) is 6.68. The predicted octanol–water partition coefficient (Wildman–Crippen LogP) is 0.866. The fourth-order valence-electron chi connectivity index (χ4n) is 3.00. The topological polar surface area (TPSA) is 104 Å². The Bertz CT molecular complexity index is 964. The van der Waals surface area contributed by atoms with E-state index in [-0.39, 0.29) is 26.2 Å². The van der Waals surface area contributed by atoms with E-state index in [9.17, 15) is 34.8 Å². The van der Waals surface area contributed by atoms with Crippen LogP contribution in [0.4, 0.5) is 13.2 Å². The SMILES string of the molecule is C[C@H](NS(=O)(=O)c1ccccc1C(F)(F)F)C(=O)N1CCCN(S(C)(=O)=O)CC1. The van der Waals surface area contributed by atoms with Gasteiger partial charge in [0, 0.05) is 26.2 Å². The van der Waals surface area contributed by atoms with Gasteiger partial charge in [0.2, 0.25) is 26.0 Å². The van der Waals surface area contributed by atoms with Crippen LogP contribution in [0.3, 0.4) is 0 Å². The van der Waals surface area contributed by atoms with Crippen molar-refractivity contribution in [2.75, 3.05) is 32.4 Å². The lowest BCUT2D eigenvalue weighted by Crippen LogP contribution is -2.48. The third-order valence-corrected chi connectivity index (χ3v) is 7.32. The summed E-state index contributed by atoms with van der Waals surface area (Å²) in [4.78, 5) is 12.9. The highest BCUT2D eigenvalue weighted by Gasteiger charge is 2.38. The monoisotopic (exact) mass is 457 g/mol. The van der Waals surface area contributed by atoms with Crippen molar-refractivity contribution < 1.29 is 34.8 Å². The molecule has 1 aliphatic rings. The van der Waals surface area contributed by atoms with Crippen LogP contribution >= 0.6 is 0 Å². The number of carbonyl (C=O) groups is 1. The largest absolute Gasteiger partial charge is 0.417 e. The first-order valence-corrected chi connectivity index (χ1v) is 12.0. The predicted molar refractivity (Wildman–Crippen MR) is 98.8 cm³/mol. The summed E-state index contributed by atoms with van der Waals surface area (Å²) in [5, 5.41) is 0. The second-order valence-corrected chi connectivity index (χ2v) is 10.3. The van der Waals surface area contributed by atoms with Crippen molar-refractivity contribution in [2.24, 2.45) is 0 Å². The van der Waals surface area contributed by atoms with Crippen molar-refractivity contribution in [3.05, 3.63) is 29.8 Å². The molecule has 1 atom stereocenters. The fraction of sp³-hybridized carbons (Fsp3) is 0.562. The van der Waals surface area contributed by atoms with Crippen LogP contribution in [0.5, 0.6) is 0 Å². The fourth-order valence-corrected chi connectivity index (χ4v) is 5.30. The lowest BCUT2D eigenvalue weighted by molar-refractivity contribution is -0.139. The van der Waals surface area contributed by atoms with Gasteiger partial charge in [-0.3, -0.25) is 4.79 Å². The van der Waals surface area contributed by atoms with Crippen LogP contribution in [0.1, 0.15) is 18.9 Å². The molecule has 29 heavy (non-hydrogen) atoms. The van der Waals surface area contributed by atoms with Crippen molar-refractivity contribution in [1.82, 2.24) is 13.9 Å². The van der Waals surface area contributed by atoms with Crippen molar-refractivity contribution >= 4 is 26.0 Å². The molecule has 164 valence electrons. The minimum Gasteiger partial charge on any atom is -0.340 e. The van der Waals surface area contributed by atoms with E-state index >= 15 is 0 Å². The van der Waals surface area contributed by atoms with Crippen LogP contribution in [-0.2, 0) is 31.0 Å². The van der Waals surface area contributed by atoms with E-state index in [1.807, 2.05) is 4.72 Å². The molecule has 1 N–H and O–H groups in total. The average molecular weight is 457 g/mol. The number of rotatable bonds is 5. The molecule has 1 aromatic rings. The molecule has 1 saturated heterocycles. The van der Waals surface area contributed by atoms with Crippen molar-refractivity contribution in [3.63, 3.8) is 0 Å². The van der Waals surface area contributed by atoms with Gasteiger partial charge in [-0.1, -0.05) is 12.1 Å². The van der Waals surface area contributed by atoms with Gasteiger partial charge in [-0.25, -0.2) is 21.1 Å². The molecule has 8 nitrogen and oxygen atoms in total. The molecular formula is C16H22F3N3O5S2. The van der Waals surface area contributed by atoms with E-state index in [1.54, 1.807) is 0 Å². The highest BCUT2D eigenvalue weighted by atomic mass is 32.2. The molecule has 0 aliphatic carbocycles. The van der Waals surface area contributed by atoms with Gasteiger partial charge in [0.25, 0.3) is 0 Å². The third kappa shape index (κ3) is 5.90. The van der Waals surface area contributed by atoms with Crippen molar-refractivity contribution in [3.8, 4) is 0 Å². The number of sulfonamides is 2. The molecule has 0 saturated carbocycles. The first-order valence-electron chi connectivity index (χ1n) is 8.66. The summed E-state index contributed by atoms with van der Waals surface area (Å²) in [6, 6.07) is 2.37. The summed E-state index contributed by atoms with van der Waals surface area (Å²) >= 11 is 0. The summed E-state index contributed by atoms with van der Waals surface area (Å²) < 4.78 is 90.8. The van der Waals surface area contributed by atoms with Gasteiger partial charge in [-0.05, 0) is 25.5 Å². The van der Waals surface area contributed by atoms with Crippen LogP contribution in [0, 0.1) is 0 Å². The molecule has 1 heterocycles. The van der Waals surface area contributed by atoms with Crippen molar-refractivity contribution in [2.45, 2.75) is 30.5 Å². The molecule has 1 fully saturated rings. The first-order chi connectivity index (χ1) is 13.2. The van der Waals surface area contributed by atoms with Gasteiger partial charge in [-0.2, -0.15) is 17.9 Å². The first kappa shape index (κ1) is 23.6. The molecule has 13 heteroatoms. The van der Waals surface area contributed by atoms with Crippen LogP contribution in [-0.4, -0.2) is 70.4 Å². The Morgan fingerprint density at radius 3 is 2.28 bits per heavy atom. The minimum absolute atomic E-state index is 0.0527. The van der Waals surface area contributed by atoms with Gasteiger partial charge >= 0.3 is 6.18 Å². The maximum atomic E-state index is 13.1. The number of carbonyl (C=O) groups excluding carboxylic acids is 1. The number of halogens is 3. The van der Waals surface area contributed by atoms with E-state index in [1.165, 1.54) is 16.1 Å². The zero-order valence-corrected chi connectivity index (χ0v) is 17.4. The van der Waals surface area contributed by atoms with Crippen molar-refractivity contribution in [1.29, 1.82) is 0 Å². The van der Waals surface area contributed by atoms with E-state index in [0.717, 1.165) is 24.5 Å². The van der Waals surface area contributed by atoms with E-state index in [0.29, 0.717) is 12.5 Å². The normalized spacial score (nSPS) is 18.3. The second kappa shape index (κ2) is 8.58. The Hall–Kier alpha value is -1.70. The van der Waals surface area contributed by atoms with Crippen LogP contribution in [0.25, 0.3) is 0 Å². The maximum absolute atomic E-state index is 13.1. The van der Waals surface area contributed by atoms with Crippen LogP contribution in [0.15, 0.2) is 29.2 Å². The molecule has 0 bridgehead atoms.